The summed E-state index contributed by atoms with van der Waals surface area (Å²) in [5.41, 5.74) is 0. The van der Waals surface area contributed by atoms with E-state index in [-0.39, 0.29) is 37.5 Å². The molecule has 6 nitrogen and oxygen atoms in total. The van der Waals surface area contributed by atoms with Crippen molar-refractivity contribution in [2.75, 3.05) is 13.2 Å². The minimum absolute atomic E-state index is 0.0888. The van der Waals surface area contributed by atoms with Crippen molar-refractivity contribution in [3.63, 3.8) is 0 Å². The van der Waals surface area contributed by atoms with Crippen LogP contribution in [0.5, 0.6) is 0 Å². The summed E-state index contributed by atoms with van der Waals surface area (Å²) in [6.07, 6.45) is 42.9. The van der Waals surface area contributed by atoms with Gasteiger partial charge in [-0.2, -0.15) is 0 Å². The minimum atomic E-state index is -0.787. The first-order valence-corrected chi connectivity index (χ1v) is 21.0. The summed E-state index contributed by atoms with van der Waals surface area (Å²) in [5, 5.41) is 0. The number of unbranched alkanes of at least 4 members (excludes halogenated alkanes) is 20. The number of carbonyl (C=O) groups excluding carboxylic acids is 3. The number of rotatable bonds is 37. The number of ether oxygens (including phenoxy) is 3. The van der Waals surface area contributed by atoms with E-state index in [0.717, 1.165) is 77.0 Å². The maximum atomic E-state index is 12.6. The summed E-state index contributed by atoms with van der Waals surface area (Å²) in [4.78, 5) is 37.4. The summed E-state index contributed by atoms with van der Waals surface area (Å²) in [6.45, 7) is 6.43. The molecule has 50 heavy (non-hydrogen) atoms. The van der Waals surface area contributed by atoms with Crippen molar-refractivity contribution in [1.82, 2.24) is 0 Å². The van der Waals surface area contributed by atoms with E-state index in [1.165, 1.54) is 83.5 Å². The lowest BCUT2D eigenvalue weighted by Gasteiger charge is -2.18. The van der Waals surface area contributed by atoms with Gasteiger partial charge < -0.3 is 14.2 Å². The zero-order chi connectivity index (χ0) is 36.6. The summed E-state index contributed by atoms with van der Waals surface area (Å²) < 4.78 is 16.6. The summed E-state index contributed by atoms with van der Waals surface area (Å²) in [6, 6.07) is 0. The van der Waals surface area contributed by atoms with E-state index < -0.39 is 6.10 Å². The second kappa shape index (κ2) is 39.4. The SMILES string of the molecule is CC/C=C\C/C=C\CCCCC(=O)OC(COC(=O)CCCCC/C=C\CCCCCCCCC)COC(=O)CCCCCCCCCCC. The van der Waals surface area contributed by atoms with E-state index >= 15 is 0 Å². The second-order valence-electron chi connectivity index (χ2n) is 13.9. The molecule has 0 saturated carbocycles. The number of allylic oxidation sites excluding steroid dienone is 6. The molecule has 1 unspecified atom stereocenters. The molecule has 0 aromatic heterocycles. The Morgan fingerprint density at radius 2 is 0.780 bits per heavy atom. The molecule has 0 aliphatic rings. The van der Waals surface area contributed by atoms with E-state index in [4.69, 9.17) is 14.2 Å². The maximum absolute atomic E-state index is 12.6. The number of carbonyl (C=O) groups is 3. The fourth-order valence-corrected chi connectivity index (χ4v) is 5.71. The van der Waals surface area contributed by atoms with Crippen molar-refractivity contribution in [3.05, 3.63) is 36.5 Å². The summed E-state index contributed by atoms with van der Waals surface area (Å²) in [5.74, 6) is -0.949. The molecule has 0 amide bonds. The van der Waals surface area contributed by atoms with Gasteiger partial charge in [-0.05, 0) is 70.6 Å². The molecule has 6 heteroatoms. The Balaban J connectivity index is 4.38. The minimum Gasteiger partial charge on any atom is -0.462 e. The van der Waals surface area contributed by atoms with E-state index in [1.807, 2.05) is 0 Å². The van der Waals surface area contributed by atoms with Crippen LogP contribution in [-0.2, 0) is 28.6 Å². The Morgan fingerprint density at radius 3 is 1.28 bits per heavy atom. The van der Waals surface area contributed by atoms with Gasteiger partial charge in [0.2, 0.25) is 0 Å². The van der Waals surface area contributed by atoms with E-state index in [2.05, 4.69) is 57.2 Å². The van der Waals surface area contributed by atoms with Crippen LogP contribution in [0.4, 0.5) is 0 Å². The van der Waals surface area contributed by atoms with Gasteiger partial charge in [-0.15, -0.1) is 0 Å². The Labute approximate surface area is 308 Å². The fourth-order valence-electron chi connectivity index (χ4n) is 5.71. The van der Waals surface area contributed by atoms with E-state index in [1.54, 1.807) is 0 Å². The first kappa shape index (κ1) is 47.6. The lowest BCUT2D eigenvalue weighted by molar-refractivity contribution is -0.167. The van der Waals surface area contributed by atoms with Crippen LogP contribution < -0.4 is 0 Å². The van der Waals surface area contributed by atoms with Crippen molar-refractivity contribution in [1.29, 1.82) is 0 Å². The first-order chi connectivity index (χ1) is 24.5. The quantitative estimate of drug-likeness (QED) is 0.0277. The van der Waals surface area contributed by atoms with Crippen molar-refractivity contribution >= 4 is 17.9 Å². The van der Waals surface area contributed by atoms with Crippen molar-refractivity contribution in [2.45, 2.75) is 213 Å². The molecule has 0 heterocycles. The van der Waals surface area contributed by atoms with Crippen LogP contribution >= 0.6 is 0 Å². The molecule has 0 saturated heterocycles. The lowest BCUT2D eigenvalue weighted by atomic mass is 10.1. The second-order valence-corrected chi connectivity index (χ2v) is 13.9. The van der Waals surface area contributed by atoms with Gasteiger partial charge in [0.1, 0.15) is 13.2 Å². The summed E-state index contributed by atoms with van der Waals surface area (Å²) >= 11 is 0. The predicted molar refractivity (Wildman–Crippen MR) is 210 cm³/mol. The average Bonchev–Trinajstić information content (AvgIpc) is 3.11. The Kier molecular flexibility index (Phi) is 37.5. The maximum Gasteiger partial charge on any atom is 0.306 e. The Hall–Kier alpha value is -2.37. The third kappa shape index (κ3) is 36.9. The van der Waals surface area contributed by atoms with Gasteiger partial charge in [-0.25, -0.2) is 0 Å². The molecular formula is C44H78O6. The van der Waals surface area contributed by atoms with Crippen molar-refractivity contribution in [2.24, 2.45) is 0 Å². The van der Waals surface area contributed by atoms with E-state index in [0.29, 0.717) is 19.3 Å². The number of hydrogen-bond acceptors (Lipinski definition) is 6. The van der Waals surface area contributed by atoms with Gasteiger partial charge in [-0.3, -0.25) is 14.4 Å². The number of hydrogen-bond donors (Lipinski definition) is 0. The molecule has 0 N–H and O–H groups in total. The molecule has 0 spiro atoms. The van der Waals surface area contributed by atoms with Crippen molar-refractivity contribution < 1.29 is 28.6 Å². The molecule has 290 valence electrons. The third-order valence-corrected chi connectivity index (χ3v) is 8.88. The van der Waals surface area contributed by atoms with Gasteiger partial charge in [0.15, 0.2) is 6.10 Å². The highest BCUT2D eigenvalue weighted by Gasteiger charge is 2.19. The highest BCUT2D eigenvalue weighted by Crippen LogP contribution is 2.13. The Bertz CT molecular complexity index is 861. The van der Waals surface area contributed by atoms with Gasteiger partial charge >= 0.3 is 17.9 Å². The molecular weight excluding hydrogens is 624 g/mol. The van der Waals surface area contributed by atoms with Gasteiger partial charge in [0, 0.05) is 19.3 Å². The van der Waals surface area contributed by atoms with Gasteiger partial charge in [0.25, 0.3) is 0 Å². The first-order valence-electron chi connectivity index (χ1n) is 21.0. The molecule has 1 atom stereocenters. The highest BCUT2D eigenvalue weighted by molar-refractivity contribution is 5.71. The fraction of sp³-hybridized carbons (Fsp3) is 0.795. The van der Waals surface area contributed by atoms with Gasteiger partial charge in [0.05, 0.1) is 0 Å². The zero-order valence-electron chi connectivity index (χ0n) is 32.9. The standard InChI is InChI=1S/C44H78O6/c1-4-7-10-13-16-19-20-21-22-23-26-28-31-34-37-43(46)49-40-41(50-44(47)38-35-32-29-25-18-15-12-9-6-3)39-48-42(45)36-33-30-27-24-17-14-11-8-5-2/h9,12,18,22-23,25,41H,4-8,10-11,13-17,19-21,24,26-40H2,1-3H3/b12-9-,23-22-,25-18-. The smallest absolute Gasteiger partial charge is 0.306 e. The van der Waals surface area contributed by atoms with Crippen LogP contribution in [0, 0.1) is 0 Å². The third-order valence-electron chi connectivity index (χ3n) is 8.88. The van der Waals surface area contributed by atoms with Crippen LogP contribution in [0.3, 0.4) is 0 Å². The van der Waals surface area contributed by atoms with Crippen LogP contribution in [-0.4, -0.2) is 37.2 Å². The zero-order valence-corrected chi connectivity index (χ0v) is 32.9. The van der Waals surface area contributed by atoms with Crippen LogP contribution in [0.15, 0.2) is 36.5 Å². The molecule has 0 radical (unpaired) electrons. The van der Waals surface area contributed by atoms with Gasteiger partial charge in [-0.1, -0.05) is 154 Å². The van der Waals surface area contributed by atoms with Crippen molar-refractivity contribution in [3.8, 4) is 0 Å². The molecule has 0 aliphatic carbocycles. The lowest BCUT2D eigenvalue weighted by Crippen LogP contribution is -2.30. The molecule has 0 aromatic rings. The van der Waals surface area contributed by atoms with Crippen LogP contribution in [0.2, 0.25) is 0 Å². The molecule has 0 aliphatic heterocycles. The topological polar surface area (TPSA) is 78.9 Å². The summed E-state index contributed by atoms with van der Waals surface area (Å²) in [7, 11) is 0. The monoisotopic (exact) mass is 703 g/mol. The molecule has 0 fully saturated rings. The normalized spacial score (nSPS) is 12.3. The molecule has 0 aromatic carbocycles. The largest absolute Gasteiger partial charge is 0.462 e. The van der Waals surface area contributed by atoms with Crippen LogP contribution in [0.1, 0.15) is 207 Å². The molecule has 0 rings (SSSR count). The van der Waals surface area contributed by atoms with E-state index in [9.17, 15) is 14.4 Å². The number of esters is 3. The highest BCUT2D eigenvalue weighted by atomic mass is 16.6. The van der Waals surface area contributed by atoms with Crippen LogP contribution in [0.25, 0.3) is 0 Å². The predicted octanol–water partition coefficient (Wildman–Crippen LogP) is 13.0. The Morgan fingerprint density at radius 1 is 0.420 bits per heavy atom. The molecule has 0 bridgehead atoms. The average molecular weight is 703 g/mol.